The Morgan fingerprint density at radius 3 is 2.24 bits per heavy atom. The molecule has 3 aromatic rings. The van der Waals surface area contributed by atoms with Gasteiger partial charge in [0.15, 0.2) is 11.5 Å². The lowest BCUT2D eigenvalue weighted by molar-refractivity contribution is -0.0503. The van der Waals surface area contributed by atoms with E-state index in [4.69, 9.17) is 0 Å². The second-order valence-electron chi connectivity index (χ2n) is 13.5. The summed E-state index contributed by atoms with van der Waals surface area (Å²) in [5.41, 5.74) is 5.63. The molecule has 0 atom stereocenters. The van der Waals surface area contributed by atoms with Gasteiger partial charge >= 0.3 is 0 Å². The fraction of sp³-hybridized carbons (Fsp3) is 0.514. The van der Waals surface area contributed by atoms with Crippen LogP contribution in [0.4, 0.5) is 5.82 Å². The molecule has 2 N–H and O–H groups in total. The predicted octanol–water partition coefficient (Wildman–Crippen LogP) is 5.68. The van der Waals surface area contributed by atoms with Crippen molar-refractivity contribution in [1.82, 2.24) is 20.4 Å². The van der Waals surface area contributed by atoms with E-state index in [0.717, 1.165) is 80.4 Å². The minimum atomic E-state index is -0.0866. The first-order valence-electron chi connectivity index (χ1n) is 16.0. The molecule has 2 aromatic carbocycles. The highest BCUT2D eigenvalue weighted by atomic mass is 16.3. The average molecular weight is 566 g/mol. The number of amides is 1. The zero-order valence-electron chi connectivity index (χ0n) is 24.8. The van der Waals surface area contributed by atoms with Gasteiger partial charge in [-0.3, -0.25) is 9.69 Å². The van der Waals surface area contributed by atoms with Crippen LogP contribution in [0.5, 0.6) is 5.75 Å². The van der Waals surface area contributed by atoms with Crippen molar-refractivity contribution in [2.24, 2.45) is 23.2 Å². The summed E-state index contributed by atoms with van der Waals surface area (Å²) in [5.74, 6) is 3.71. The Balaban J connectivity index is 0.917. The fourth-order valence-electron chi connectivity index (χ4n) is 8.83. The van der Waals surface area contributed by atoms with Crippen molar-refractivity contribution in [3.63, 3.8) is 0 Å². The monoisotopic (exact) mass is 565 g/mol. The Morgan fingerprint density at radius 1 is 0.881 bits per heavy atom. The number of hydrogen-bond acceptors (Lipinski definition) is 6. The molecule has 220 valence electrons. The molecule has 5 fully saturated rings. The van der Waals surface area contributed by atoms with Crippen molar-refractivity contribution in [1.29, 1.82) is 0 Å². The third-order valence-corrected chi connectivity index (χ3v) is 10.5. The lowest BCUT2D eigenvalue weighted by atomic mass is 9.49. The highest BCUT2D eigenvalue weighted by Crippen LogP contribution is 2.59. The van der Waals surface area contributed by atoms with Crippen LogP contribution < -0.4 is 10.2 Å². The molecule has 1 amide bonds. The predicted molar refractivity (Wildman–Crippen MR) is 165 cm³/mol. The molecule has 8 rings (SSSR count). The summed E-state index contributed by atoms with van der Waals surface area (Å²) in [6.07, 6.45) is 9.11. The van der Waals surface area contributed by atoms with Crippen LogP contribution in [0.1, 0.15) is 67.1 Å². The first-order chi connectivity index (χ1) is 20.4. The van der Waals surface area contributed by atoms with E-state index < -0.39 is 0 Å². The van der Waals surface area contributed by atoms with Crippen LogP contribution in [0.25, 0.3) is 11.1 Å². The van der Waals surface area contributed by atoms with E-state index in [9.17, 15) is 9.90 Å². The molecule has 0 unspecified atom stereocenters. The molecule has 1 saturated heterocycles. The van der Waals surface area contributed by atoms with E-state index in [2.05, 4.69) is 50.4 Å². The quantitative estimate of drug-likeness (QED) is 0.366. The van der Waals surface area contributed by atoms with Gasteiger partial charge in [0, 0.05) is 39.3 Å². The van der Waals surface area contributed by atoms with Crippen LogP contribution >= 0.6 is 0 Å². The van der Waals surface area contributed by atoms with Crippen molar-refractivity contribution < 1.29 is 9.90 Å². The molecule has 0 radical (unpaired) electrons. The van der Waals surface area contributed by atoms with Crippen molar-refractivity contribution in [3.8, 4) is 16.9 Å². The molecular weight excluding hydrogens is 522 g/mol. The lowest BCUT2D eigenvalue weighted by Gasteiger charge is -2.56. The first-order valence-corrected chi connectivity index (χ1v) is 16.0. The summed E-state index contributed by atoms with van der Waals surface area (Å²) >= 11 is 0. The van der Waals surface area contributed by atoms with Gasteiger partial charge in [-0.1, -0.05) is 37.3 Å². The molecule has 4 bridgehead atoms. The molecule has 7 nitrogen and oxygen atoms in total. The second kappa shape index (κ2) is 11.3. The Morgan fingerprint density at radius 2 is 1.60 bits per heavy atom. The molecular formula is C35H43N5O2. The zero-order chi connectivity index (χ0) is 28.7. The highest BCUT2D eigenvalue weighted by molar-refractivity contribution is 5.92. The van der Waals surface area contributed by atoms with E-state index in [1.54, 1.807) is 6.07 Å². The number of aromatic nitrogens is 2. The molecule has 7 heteroatoms. The smallest absolute Gasteiger partial charge is 0.271 e. The first kappa shape index (κ1) is 27.4. The Bertz CT molecular complexity index is 1390. The van der Waals surface area contributed by atoms with Crippen LogP contribution in [0, 0.1) is 23.2 Å². The standard InChI is InChI=1S/C35H43N5O2/c1-2-27-17-29(28-4-3-5-31(41)18-28)6-7-30(27)22-39-10-12-40(13-11-39)33-9-8-32(37-38-33)34(42)36-23-35-19-24-14-25(20-35)16-26(15-24)21-35/h3-9,17-18,24-26,41H,2,10-16,19-23H2,1H3,(H,36,42). The second-order valence-corrected chi connectivity index (χ2v) is 13.5. The fourth-order valence-corrected chi connectivity index (χ4v) is 8.83. The Kier molecular flexibility index (Phi) is 7.39. The van der Waals surface area contributed by atoms with Crippen molar-refractivity contribution >= 4 is 11.7 Å². The lowest BCUT2D eigenvalue weighted by Crippen LogP contribution is -2.51. The molecule has 4 aliphatic carbocycles. The summed E-state index contributed by atoms with van der Waals surface area (Å²) in [6, 6.07) is 17.9. The topological polar surface area (TPSA) is 81.6 Å². The molecule has 4 saturated carbocycles. The number of aryl methyl sites for hydroxylation is 1. The summed E-state index contributed by atoms with van der Waals surface area (Å²) in [4.78, 5) is 17.7. The van der Waals surface area contributed by atoms with Crippen LogP contribution in [-0.2, 0) is 13.0 Å². The molecule has 2 heterocycles. The number of nitrogens with zero attached hydrogens (tertiary/aromatic N) is 4. The van der Waals surface area contributed by atoms with E-state index in [1.807, 2.05) is 30.3 Å². The van der Waals surface area contributed by atoms with E-state index >= 15 is 0 Å². The summed E-state index contributed by atoms with van der Waals surface area (Å²) in [6.45, 7) is 7.59. The summed E-state index contributed by atoms with van der Waals surface area (Å²) in [7, 11) is 0. The van der Waals surface area contributed by atoms with Crippen molar-refractivity contribution in [2.75, 3.05) is 37.6 Å². The number of rotatable bonds is 8. The maximum absolute atomic E-state index is 13.0. The van der Waals surface area contributed by atoms with Crippen LogP contribution in [0.2, 0.25) is 0 Å². The number of carbonyl (C=O) groups is 1. The maximum atomic E-state index is 13.0. The molecule has 5 aliphatic rings. The van der Waals surface area contributed by atoms with Gasteiger partial charge in [-0.15, -0.1) is 10.2 Å². The third kappa shape index (κ3) is 5.63. The third-order valence-electron chi connectivity index (χ3n) is 10.5. The SMILES string of the molecule is CCc1cc(-c2cccc(O)c2)ccc1CN1CCN(c2ccc(C(=O)NCC34CC5CC(CC(C5)C3)C4)nn2)CC1. The summed E-state index contributed by atoms with van der Waals surface area (Å²) in [5, 5.41) is 21.9. The van der Waals surface area contributed by atoms with Crippen LogP contribution in [0.15, 0.2) is 54.6 Å². The van der Waals surface area contributed by atoms with E-state index in [0.29, 0.717) is 16.9 Å². The Hall–Kier alpha value is -3.45. The van der Waals surface area contributed by atoms with Crippen molar-refractivity contribution in [2.45, 2.75) is 58.4 Å². The van der Waals surface area contributed by atoms with Gasteiger partial charge in [0.25, 0.3) is 5.91 Å². The highest BCUT2D eigenvalue weighted by Gasteiger charge is 2.50. The Labute approximate surface area is 249 Å². The number of phenols is 1. The van der Waals surface area contributed by atoms with Gasteiger partial charge in [-0.05, 0) is 115 Å². The molecule has 1 aliphatic heterocycles. The van der Waals surface area contributed by atoms with Gasteiger partial charge in [0.05, 0.1) is 0 Å². The molecule has 1 aromatic heterocycles. The number of phenolic OH excluding ortho intramolecular Hbond substituents is 1. The zero-order valence-corrected chi connectivity index (χ0v) is 24.8. The number of benzene rings is 2. The minimum absolute atomic E-state index is 0.0866. The summed E-state index contributed by atoms with van der Waals surface area (Å²) < 4.78 is 0. The number of hydrogen-bond donors (Lipinski definition) is 2. The van der Waals surface area contributed by atoms with Gasteiger partial charge < -0.3 is 15.3 Å². The van der Waals surface area contributed by atoms with Crippen LogP contribution in [0.3, 0.4) is 0 Å². The van der Waals surface area contributed by atoms with Crippen LogP contribution in [-0.4, -0.2) is 58.8 Å². The van der Waals surface area contributed by atoms with E-state index in [1.165, 1.54) is 49.7 Å². The van der Waals surface area contributed by atoms with E-state index in [-0.39, 0.29) is 5.91 Å². The number of piperazine rings is 1. The number of nitrogens with one attached hydrogen (secondary N) is 1. The van der Waals surface area contributed by atoms with Gasteiger partial charge in [-0.25, -0.2) is 0 Å². The normalized spacial score (nSPS) is 26.9. The van der Waals surface area contributed by atoms with Crippen molar-refractivity contribution in [3.05, 3.63) is 71.4 Å². The number of carbonyl (C=O) groups excluding carboxylic acids is 1. The molecule has 0 spiro atoms. The van der Waals surface area contributed by atoms with Gasteiger partial charge in [0.1, 0.15) is 5.75 Å². The number of aromatic hydroxyl groups is 1. The average Bonchev–Trinajstić information content (AvgIpc) is 3.00. The maximum Gasteiger partial charge on any atom is 0.271 e. The van der Waals surface area contributed by atoms with Gasteiger partial charge in [0.2, 0.25) is 0 Å². The number of anilines is 1. The molecule has 42 heavy (non-hydrogen) atoms. The largest absolute Gasteiger partial charge is 0.508 e. The minimum Gasteiger partial charge on any atom is -0.508 e. The van der Waals surface area contributed by atoms with Gasteiger partial charge in [-0.2, -0.15) is 0 Å².